The average Bonchev–Trinajstić information content (AvgIpc) is 2.80. The second-order valence-corrected chi connectivity index (χ2v) is 7.45. The zero-order valence-corrected chi connectivity index (χ0v) is 16.2. The Labute approximate surface area is 153 Å². The van der Waals surface area contributed by atoms with Crippen LogP contribution < -0.4 is 4.90 Å². The van der Waals surface area contributed by atoms with Crippen molar-refractivity contribution >= 4 is 53.5 Å². The van der Waals surface area contributed by atoms with Gasteiger partial charge in [-0.3, -0.25) is 0 Å². The summed E-state index contributed by atoms with van der Waals surface area (Å²) >= 11 is 9.84. The molecule has 2 heterocycles. The third kappa shape index (κ3) is 5.59. The monoisotopic (exact) mass is 496 g/mol. The van der Waals surface area contributed by atoms with Gasteiger partial charge in [0.2, 0.25) is 0 Å². The Hall–Kier alpha value is -0.530. The molecule has 0 spiro atoms. The van der Waals surface area contributed by atoms with E-state index in [1.165, 1.54) is 0 Å². The Kier molecular flexibility index (Phi) is 6.35. The first-order valence-corrected chi connectivity index (χ1v) is 8.89. The first-order valence-electron chi connectivity index (χ1n) is 6.51. The summed E-state index contributed by atoms with van der Waals surface area (Å²) in [7, 11) is 0. The van der Waals surface area contributed by atoms with Crippen LogP contribution in [-0.2, 0) is 0 Å². The summed E-state index contributed by atoms with van der Waals surface area (Å²) in [6, 6.07) is 11.2. The minimum Gasteiger partial charge on any atom is -0.365 e. The van der Waals surface area contributed by atoms with Crippen molar-refractivity contribution in [2.24, 2.45) is 0 Å². The molecule has 0 bridgehead atoms. The van der Waals surface area contributed by atoms with Crippen LogP contribution in [0.1, 0.15) is 6.42 Å². The highest BCUT2D eigenvalue weighted by atomic mass is 79.9. The maximum absolute atomic E-state index is 12.9. The smallest absolute Gasteiger partial charge is 0.266 e. The molecule has 1 aromatic heterocycles. The van der Waals surface area contributed by atoms with Crippen molar-refractivity contribution in [3.63, 3.8) is 0 Å². The van der Waals surface area contributed by atoms with Gasteiger partial charge in [0, 0.05) is 33.8 Å². The fourth-order valence-corrected chi connectivity index (χ4v) is 3.40. The Morgan fingerprint density at radius 1 is 1.05 bits per heavy atom. The summed E-state index contributed by atoms with van der Waals surface area (Å²) in [6.07, 6.45) is 1.69. The maximum Gasteiger partial charge on any atom is 0.266 e. The second kappa shape index (κ2) is 7.84. The number of benzene rings is 1. The van der Waals surface area contributed by atoms with Crippen molar-refractivity contribution in [1.82, 2.24) is 4.98 Å². The van der Waals surface area contributed by atoms with E-state index in [9.17, 15) is 8.78 Å². The van der Waals surface area contributed by atoms with Gasteiger partial charge in [0.1, 0.15) is 4.60 Å². The average molecular weight is 499 g/mol. The van der Waals surface area contributed by atoms with Crippen LogP contribution in [0.4, 0.5) is 14.5 Å². The lowest BCUT2D eigenvalue weighted by atomic mass is 10.3. The van der Waals surface area contributed by atoms with Crippen LogP contribution in [0.15, 0.2) is 56.1 Å². The molecule has 0 amide bonds. The van der Waals surface area contributed by atoms with Gasteiger partial charge in [-0.25, -0.2) is 13.8 Å². The normalized spacial score (nSPS) is 16.1. The predicted molar refractivity (Wildman–Crippen MR) is 95.6 cm³/mol. The number of aromatic nitrogens is 1. The second-order valence-electron chi connectivity index (χ2n) is 4.80. The van der Waals surface area contributed by atoms with Crippen LogP contribution in [0.2, 0.25) is 0 Å². The molecule has 0 saturated carbocycles. The molecule has 1 saturated heterocycles. The largest absolute Gasteiger partial charge is 0.365 e. The fourth-order valence-electron chi connectivity index (χ4n) is 2.01. The molecule has 1 aliphatic rings. The molecule has 1 fully saturated rings. The minimum absolute atomic E-state index is 0.0421. The van der Waals surface area contributed by atoms with Gasteiger partial charge >= 0.3 is 0 Å². The van der Waals surface area contributed by atoms with E-state index in [-0.39, 0.29) is 13.0 Å². The van der Waals surface area contributed by atoms with Crippen LogP contribution in [0.3, 0.4) is 0 Å². The van der Waals surface area contributed by atoms with E-state index in [0.29, 0.717) is 6.54 Å². The molecule has 1 aromatic carbocycles. The van der Waals surface area contributed by atoms with E-state index < -0.39 is 5.92 Å². The molecule has 1 aliphatic heterocycles. The van der Waals surface area contributed by atoms with Crippen LogP contribution in [0, 0.1) is 0 Å². The Balaban J connectivity index is 0.000000188. The van der Waals surface area contributed by atoms with E-state index >= 15 is 0 Å². The Morgan fingerprint density at radius 2 is 1.77 bits per heavy atom. The summed E-state index contributed by atoms with van der Waals surface area (Å²) < 4.78 is 28.7. The van der Waals surface area contributed by atoms with Crippen LogP contribution in [0.5, 0.6) is 0 Å². The first-order chi connectivity index (χ1) is 10.4. The fraction of sp³-hybridized carbons (Fsp3) is 0.267. The maximum atomic E-state index is 12.9. The van der Waals surface area contributed by atoms with Crippen LogP contribution >= 0.6 is 47.8 Å². The number of pyridine rings is 1. The number of nitrogens with zero attached hydrogens (tertiary/aromatic N) is 2. The van der Waals surface area contributed by atoms with Crippen molar-refractivity contribution in [3.8, 4) is 0 Å². The molecule has 2 aromatic rings. The van der Waals surface area contributed by atoms with Crippen molar-refractivity contribution in [1.29, 1.82) is 0 Å². The lowest BCUT2D eigenvalue weighted by molar-refractivity contribution is 0.0257. The van der Waals surface area contributed by atoms with Gasteiger partial charge in [-0.1, -0.05) is 37.9 Å². The molecule has 2 nitrogen and oxygen atoms in total. The number of halogens is 5. The van der Waals surface area contributed by atoms with Crippen molar-refractivity contribution in [2.45, 2.75) is 12.3 Å². The molecule has 0 N–H and O–H groups in total. The topological polar surface area (TPSA) is 16.1 Å². The van der Waals surface area contributed by atoms with Gasteiger partial charge < -0.3 is 4.90 Å². The molecular formula is C15H13Br3F2N2. The zero-order valence-electron chi connectivity index (χ0n) is 11.4. The van der Waals surface area contributed by atoms with Gasteiger partial charge in [0.25, 0.3) is 5.92 Å². The van der Waals surface area contributed by atoms with Gasteiger partial charge in [-0.05, 0) is 46.3 Å². The van der Waals surface area contributed by atoms with Gasteiger partial charge in [0.05, 0.1) is 6.54 Å². The van der Waals surface area contributed by atoms with Crippen LogP contribution in [0.25, 0.3) is 0 Å². The zero-order chi connectivity index (χ0) is 16.2. The third-order valence-corrected chi connectivity index (χ3v) is 4.45. The van der Waals surface area contributed by atoms with Gasteiger partial charge in [-0.2, -0.15) is 0 Å². The standard InChI is InChI=1S/C10H10BrF2N.C5H3Br2N/c11-8-2-1-3-9(6-8)14-5-4-10(12,13)7-14;6-4-1-2-8-5(7)3-4/h1-3,6H,4-5,7H2;1-3H. The van der Waals surface area contributed by atoms with Crippen molar-refractivity contribution < 1.29 is 8.78 Å². The number of rotatable bonds is 1. The molecule has 3 rings (SSSR count). The Bertz CT molecular complexity index is 620. The molecule has 118 valence electrons. The number of hydrogen-bond donors (Lipinski definition) is 0. The summed E-state index contributed by atoms with van der Waals surface area (Å²) in [5, 5.41) is 0. The van der Waals surface area contributed by atoms with Crippen molar-refractivity contribution in [3.05, 3.63) is 56.1 Å². The van der Waals surface area contributed by atoms with Gasteiger partial charge in [-0.15, -0.1) is 0 Å². The molecule has 22 heavy (non-hydrogen) atoms. The Morgan fingerprint density at radius 3 is 2.27 bits per heavy atom. The SMILES string of the molecule is Brc1ccnc(Br)c1.FC1(F)CCN(c2cccc(Br)c2)C1. The predicted octanol–water partition coefficient (Wildman–Crippen LogP) is 5.90. The molecule has 0 radical (unpaired) electrons. The van der Waals surface area contributed by atoms with E-state index in [0.717, 1.165) is 19.2 Å². The molecule has 7 heteroatoms. The highest BCUT2D eigenvalue weighted by Crippen LogP contribution is 2.31. The summed E-state index contributed by atoms with van der Waals surface area (Å²) in [5.74, 6) is -2.53. The van der Waals surface area contributed by atoms with E-state index in [2.05, 4.69) is 52.8 Å². The summed E-state index contributed by atoms with van der Waals surface area (Å²) in [5.41, 5.74) is 0.858. The quantitative estimate of drug-likeness (QED) is 0.455. The van der Waals surface area contributed by atoms with Crippen LogP contribution in [-0.4, -0.2) is 24.0 Å². The molecule has 0 atom stereocenters. The minimum atomic E-state index is -2.53. The van der Waals surface area contributed by atoms with E-state index in [1.54, 1.807) is 11.1 Å². The van der Waals surface area contributed by atoms with Gasteiger partial charge in [0.15, 0.2) is 0 Å². The lowest BCUT2D eigenvalue weighted by Crippen LogP contribution is -2.24. The molecular weight excluding hydrogens is 486 g/mol. The van der Waals surface area contributed by atoms with E-state index in [4.69, 9.17) is 0 Å². The number of alkyl halides is 2. The third-order valence-electron chi connectivity index (χ3n) is 3.03. The molecule has 0 aliphatic carbocycles. The van der Waals surface area contributed by atoms with Crippen molar-refractivity contribution in [2.75, 3.05) is 18.0 Å². The highest BCUT2D eigenvalue weighted by molar-refractivity contribution is 9.11. The summed E-state index contributed by atoms with van der Waals surface area (Å²) in [4.78, 5) is 5.64. The highest BCUT2D eigenvalue weighted by Gasteiger charge is 2.38. The molecule has 0 unspecified atom stereocenters. The number of hydrogen-bond acceptors (Lipinski definition) is 2. The first kappa shape index (κ1) is 17.8. The van der Waals surface area contributed by atoms with E-state index in [1.807, 2.05) is 36.4 Å². The number of anilines is 1. The lowest BCUT2D eigenvalue weighted by Gasteiger charge is -2.18. The summed E-state index contributed by atoms with van der Waals surface area (Å²) in [6.45, 7) is 0.271.